The van der Waals surface area contributed by atoms with Gasteiger partial charge in [-0.15, -0.1) is 4.80 Å². The van der Waals surface area contributed by atoms with Crippen molar-refractivity contribution in [2.24, 2.45) is 0 Å². The first-order chi connectivity index (χ1) is 14.9. The first-order valence-electron chi connectivity index (χ1n) is 9.70. The van der Waals surface area contributed by atoms with Crippen LogP contribution in [0.15, 0.2) is 48.9 Å². The second kappa shape index (κ2) is 8.05. The fourth-order valence-electron chi connectivity index (χ4n) is 3.65. The summed E-state index contributed by atoms with van der Waals surface area (Å²) >= 11 is 0. The molecule has 0 aliphatic carbocycles. The number of carbonyl (C=O) groups is 3. The molecule has 0 fully saturated rings. The molecule has 0 saturated heterocycles. The number of imide groups is 1. The van der Waals surface area contributed by atoms with Gasteiger partial charge in [0.2, 0.25) is 0 Å². The van der Waals surface area contributed by atoms with E-state index < -0.39 is 29.6 Å². The molecule has 3 aromatic rings. The smallest absolute Gasteiger partial charge is 0.261 e. The van der Waals surface area contributed by atoms with E-state index in [0.717, 1.165) is 22.0 Å². The van der Waals surface area contributed by atoms with E-state index in [4.69, 9.17) is 0 Å². The zero-order valence-electron chi connectivity index (χ0n) is 16.9. The molecule has 10 heteroatoms. The van der Waals surface area contributed by atoms with Crippen LogP contribution in [0, 0.1) is 5.82 Å². The number of hydrogen-bond acceptors (Lipinski definition) is 6. The Kier molecular flexibility index (Phi) is 5.28. The summed E-state index contributed by atoms with van der Waals surface area (Å²) in [5.41, 5.74) is 0.665. The SMILES string of the molecule is CCN(C(=O)c1cc(F)cnc1-n1nccn1)[C@@H](C)CN1C(=O)c2ccccc2C1=O. The van der Waals surface area contributed by atoms with Crippen LogP contribution in [-0.4, -0.2) is 66.6 Å². The summed E-state index contributed by atoms with van der Waals surface area (Å²) in [7, 11) is 0. The third-order valence-electron chi connectivity index (χ3n) is 5.13. The van der Waals surface area contributed by atoms with E-state index >= 15 is 0 Å². The number of fused-ring (bicyclic) bond motifs is 1. The van der Waals surface area contributed by atoms with E-state index in [2.05, 4.69) is 15.2 Å². The Morgan fingerprint density at radius 2 is 1.74 bits per heavy atom. The average Bonchev–Trinajstić information content (AvgIpc) is 3.38. The molecule has 9 nitrogen and oxygen atoms in total. The monoisotopic (exact) mass is 422 g/mol. The van der Waals surface area contributed by atoms with Crippen molar-refractivity contribution in [1.82, 2.24) is 29.8 Å². The van der Waals surface area contributed by atoms with Gasteiger partial charge in [0.05, 0.1) is 35.3 Å². The van der Waals surface area contributed by atoms with Gasteiger partial charge in [-0.05, 0) is 32.0 Å². The zero-order chi connectivity index (χ0) is 22.1. The fourth-order valence-corrected chi connectivity index (χ4v) is 3.65. The van der Waals surface area contributed by atoms with Crippen LogP contribution in [0.4, 0.5) is 4.39 Å². The van der Waals surface area contributed by atoms with Crippen LogP contribution >= 0.6 is 0 Å². The summed E-state index contributed by atoms with van der Waals surface area (Å²) in [6.07, 6.45) is 3.82. The van der Waals surface area contributed by atoms with Crippen LogP contribution in [0.1, 0.15) is 44.9 Å². The van der Waals surface area contributed by atoms with Crippen molar-refractivity contribution in [3.63, 3.8) is 0 Å². The van der Waals surface area contributed by atoms with E-state index in [9.17, 15) is 18.8 Å². The molecule has 3 heterocycles. The second-order valence-electron chi connectivity index (χ2n) is 7.05. The van der Waals surface area contributed by atoms with Crippen molar-refractivity contribution in [2.45, 2.75) is 19.9 Å². The summed E-state index contributed by atoms with van der Waals surface area (Å²) in [6, 6.07) is 7.14. The molecular formula is C21H19FN6O3. The largest absolute Gasteiger partial charge is 0.334 e. The standard InChI is InChI=1S/C21H19FN6O3/c1-3-26(13(2)12-27-19(29)15-6-4-5-7-16(15)20(27)30)21(31)17-10-14(22)11-23-18(17)28-24-8-9-25-28/h4-11,13H,3,12H2,1-2H3/t13-/m0/s1. The molecule has 1 aliphatic rings. The van der Waals surface area contributed by atoms with E-state index in [1.807, 2.05) is 0 Å². The number of likely N-dealkylation sites (N-methyl/N-ethyl adjacent to an activating group) is 1. The third kappa shape index (κ3) is 3.56. The van der Waals surface area contributed by atoms with Gasteiger partial charge in [0, 0.05) is 19.1 Å². The lowest BCUT2D eigenvalue weighted by Crippen LogP contribution is -2.47. The molecule has 4 rings (SSSR count). The highest BCUT2D eigenvalue weighted by Crippen LogP contribution is 2.24. The summed E-state index contributed by atoms with van der Waals surface area (Å²) in [6.45, 7) is 3.76. The number of halogens is 1. The maximum atomic E-state index is 13.9. The van der Waals surface area contributed by atoms with Crippen LogP contribution in [-0.2, 0) is 0 Å². The minimum absolute atomic E-state index is 0.00399. The van der Waals surface area contributed by atoms with E-state index in [0.29, 0.717) is 11.1 Å². The van der Waals surface area contributed by atoms with Crippen LogP contribution < -0.4 is 0 Å². The van der Waals surface area contributed by atoms with E-state index in [-0.39, 0.29) is 24.5 Å². The lowest BCUT2D eigenvalue weighted by Gasteiger charge is -2.31. The molecule has 158 valence electrons. The minimum Gasteiger partial charge on any atom is -0.334 e. The minimum atomic E-state index is -0.677. The fraction of sp³-hybridized carbons (Fsp3) is 0.238. The molecule has 0 bridgehead atoms. The Labute approximate surface area is 177 Å². The number of pyridine rings is 1. The topological polar surface area (TPSA) is 101 Å². The van der Waals surface area contributed by atoms with Crippen LogP contribution in [0.3, 0.4) is 0 Å². The molecule has 2 aromatic heterocycles. The first-order valence-corrected chi connectivity index (χ1v) is 9.70. The Hall–Kier alpha value is -3.95. The lowest BCUT2D eigenvalue weighted by atomic mass is 10.1. The predicted molar refractivity (Wildman–Crippen MR) is 107 cm³/mol. The molecule has 1 aromatic carbocycles. The van der Waals surface area contributed by atoms with Crippen LogP contribution in [0.25, 0.3) is 5.82 Å². The summed E-state index contributed by atoms with van der Waals surface area (Å²) < 4.78 is 13.9. The van der Waals surface area contributed by atoms with Gasteiger partial charge in [-0.2, -0.15) is 10.2 Å². The Bertz CT molecular complexity index is 1130. The number of benzene rings is 1. The number of carbonyl (C=O) groups excluding carboxylic acids is 3. The average molecular weight is 422 g/mol. The van der Waals surface area contributed by atoms with Gasteiger partial charge < -0.3 is 4.90 Å². The highest BCUT2D eigenvalue weighted by atomic mass is 19.1. The molecule has 0 radical (unpaired) electrons. The van der Waals surface area contributed by atoms with Crippen molar-refractivity contribution < 1.29 is 18.8 Å². The Morgan fingerprint density at radius 1 is 1.13 bits per heavy atom. The summed E-state index contributed by atoms with van der Waals surface area (Å²) in [5.74, 6) is -1.90. The van der Waals surface area contributed by atoms with Crippen molar-refractivity contribution >= 4 is 17.7 Å². The van der Waals surface area contributed by atoms with Crippen LogP contribution in [0.5, 0.6) is 0 Å². The van der Waals surface area contributed by atoms with Gasteiger partial charge in [0.1, 0.15) is 5.82 Å². The van der Waals surface area contributed by atoms with Gasteiger partial charge >= 0.3 is 0 Å². The molecule has 0 N–H and O–H groups in total. The van der Waals surface area contributed by atoms with E-state index in [1.165, 1.54) is 17.3 Å². The van der Waals surface area contributed by atoms with Crippen molar-refractivity contribution in [1.29, 1.82) is 0 Å². The van der Waals surface area contributed by atoms with Gasteiger partial charge in [0.25, 0.3) is 17.7 Å². The molecular weight excluding hydrogens is 403 g/mol. The molecule has 31 heavy (non-hydrogen) atoms. The maximum absolute atomic E-state index is 13.9. The van der Waals surface area contributed by atoms with Gasteiger partial charge in [-0.25, -0.2) is 9.37 Å². The Balaban J connectivity index is 1.60. The van der Waals surface area contributed by atoms with Gasteiger partial charge in [-0.1, -0.05) is 12.1 Å². The number of aromatic nitrogens is 4. The summed E-state index contributed by atoms with van der Waals surface area (Å²) in [5, 5.41) is 7.94. The lowest BCUT2D eigenvalue weighted by molar-refractivity contribution is 0.0539. The number of nitrogens with zero attached hydrogens (tertiary/aromatic N) is 6. The molecule has 0 saturated carbocycles. The second-order valence-corrected chi connectivity index (χ2v) is 7.05. The molecule has 1 atom stereocenters. The Morgan fingerprint density at radius 3 is 2.32 bits per heavy atom. The van der Waals surface area contributed by atoms with Gasteiger partial charge in [0.15, 0.2) is 5.82 Å². The number of hydrogen-bond donors (Lipinski definition) is 0. The molecule has 0 unspecified atom stereocenters. The zero-order valence-corrected chi connectivity index (χ0v) is 16.9. The summed E-state index contributed by atoms with van der Waals surface area (Å²) in [4.78, 5) is 46.3. The maximum Gasteiger partial charge on any atom is 0.261 e. The highest BCUT2D eigenvalue weighted by Gasteiger charge is 2.37. The van der Waals surface area contributed by atoms with Crippen molar-refractivity contribution in [2.75, 3.05) is 13.1 Å². The van der Waals surface area contributed by atoms with E-state index in [1.54, 1.807) is 38.1 Å². The number of amides is 3. The number of rotatable bonds is 6. The van der Waals surface area contributed by atoms with Gasteiger partial charge in [-0.3, -0.25) is 19.3 Å². The highest BCUT2D eigenvalue weighted by molar-refractivity contribution is 6.21. The molecule has 3 amide bonds. The van der Waals surface area contributed by atoms with Crippen LogP contribution in [0.2, 0.25) is 0 Å². The predicted octanol–water partition coefficient (Wildman–Crippen LogP) is 1.95. The van der Waals surface area contributed by atoms with Crippen molar-refractivity contribution in [3.8, 4) is 5.82 Å². The first kappa shape index (κ1) is 20.3. The normalized spacial score (nSPS) is 14.0. The van der Waals surface area contributed by atoms with Crippen molar-refractivity contribution in [3.05, 3.63) is 71.4 Å². The molecule has 1 aliphatic heterocycles. The molecule has 0 spiro atoms. The third-order valence-corrected chi connectivity index (χ3v) is 5.13. The quantitative estimate of drug-likeness (QED) is 0.563.